The zero-order valence-corrected chi connectivity index (χ0v) is 14.8. The predicted octanol–water partition coefficient (Wildman–Crippen LogP) is 3.44. The van der Waals surface area contributed by atoms with E-state index in [1.807, 2.05) is 19.1 Å². The number of aromatic carboxylic acids is 1. The molecule has 0 aliphatic carbocycles. The Kier molecular flexibility index (Phi) is 4.52. The summed E-state index contributed by atoms with van der Waals surface area (Å²) in [6.45, 7) is 3.67. The molecule has 3 rings (SSSR count). The number of nitrogens with zero attached hydrogens (tertiary/aromatic N) is 1. The van der Waals surface area contributed by atoms with Gasteiger partial charge in [0.15, 0.2) is 0 Å². The van der Waals surface area contributed by atoms with Gasteiger partial charge in [0, 0.05) is 5.69 Å². The van der Waals surface area contributed by atoms with Crippen LogP contribution < -0.4 is 10.2 Å². The Labute approximate surface area is 154 Å². The number of aryl methyl sites for hydroxylation is 2. The Morgan fingerprint density at radius 3 is 2.31 bits per heavy atom. The molecule has 7 heteroatoms. The number of hydrogen-bond donors (Lipinski definition) is 2. The van der Waals surface area contributed by atoms with Gasteiger partial charge in [-0.1, -0.05) is 23.7 Å². The lowest BCUT2D eigenvalue weighted by molar-refractivity contribution is -0.120. The molecule has 1 aliphatic rings. The van der Waals surface area contributed by atoms with Crippen LogP contribution in [-0.4, -0.2) is 22.9 Å². The number of carbonyl (C=O) groups is 3. The van der Waals surface area contributed by atoms with Crippen molar-refractivity contribution in [3.63, 3.8) is 0 Å². The summed E-state index contributed by atoms with van der Waals surface area (Å²) >= 11 is 6.10. The SMILES string of the molecule is Cc1ccc(C)c(N2C(=O)C(Cl)=C(Nc3ccc(C(=O)O)cc3)C2=O)c1. The van der Waals surface area contributed by atoms with Crippen LogP contribution in [0.2, 0.25) is 0 Å². The third kappa shape index (κ3) is 3.07. The first kappa shape index (κ1) is 17.7. The molecule has 2 aromatic rings. The number of halogens is 1. The molecular formula is C19H15ClN2O4. The summed E-state index contributed by atoms with van der Waals surface area (Å²) in [4.78, 5) is 37.2. The molecule has 6 nitrogen and oxygen atoms in total. The summed E-state index contributed by atoms with van der Waals surface area (Å²) in [6, 6.07) is 11.3. The number of anilines is 2. The van der Waals surface area contributed by atoms with Crippen molar-refractivity contribution in [2.24, 2.45) is 0 Å². The molecule has 26 heavy (non-hydrogen) atoms. The van der Waals surface area contributed by atoms with E-state index in [0.717, 1.165) is 16.0 Å². The second-order valence-electron chi connectivity index (χ2n) is 5.93. The summed E-state index contributed by atoms with van der Waals surface area (Å²) in [5.41, 5.74) is 2.69. The average molecular weight is 371 g/mol. The molecule has 0 unspecified atom stereocenters. The minimum Gasteiger partial charge on any atom is -0.478 e. The fourth-order valence-electron chi connectivity index (χ4n) is 2.63. The van der Waals surface area contributed by atoms with Gasteiger partial charge in [-0.2, -0.15) is 0 Å². The van der Waals surface area contributed by atoms with Gasteiger partial charge < -0.3 is 10.4 Å². The van der Waals surface area contributed by atoms with E-state index < -0.39 is 17.8 Å². The quantitative estimate of drug-likeness (QED) is 0.805. The van der Waals surface area contributed by atoms with Crippen LogP contribution in [0.25, 0.3) is 0 Å². The van der Waals surface area contributed by atoms with Gasteiger partial charge in [0.25, 0.3) is 11.8 Å². The minimum absolute atomic E-state index is 0.0411. The number of carbonyl (C=O) groups excluding carboxylic acids is 2. The van der Waals surface area contributed by atoms with Gasteiger partial charge in [-0.15, -0.1) is 0 Å². The van der Waals surface area contributed by atoms with Crippen LogP contribution in [-0.2, 0) is 9.59 Å². The molecule has 2 N–H and O–H groups in total. The first-order valence-electron chi connectivity index (χ1n) is 7.76. The maximum Gasteiger partial charge on any atom is 0.335 e. The van der Waals surface area contributed by atoms with Crippen LogP contribution in [0.3, 0.4) is 0 Å². The number of hydrogen-bond acceptors (Lipinski definition) is 4. The number of rotatable bonds is 4. The van der Waals surface area contributed by atoms with Crippen molar-refractivity contribution in [2.75, 3.05) is 10.2 Å². The Bertz CT molecular complexity index is 964. The van der Waals surface area contributed by atoms with E-state index >= 15 is 0 Å². The largest absolute Gasteiger partial charge is 0.478 e. The van der Waals surface area contributed by atoms with Gasteiger partial charge in [-0.25, -0.2) is 9.69 Å². The zero-order chi connectivity index (χ0) is 19.0. The molecule has 2 aromatic carbocycles. The van der Waals surface area contributed by atoms with Crippen molar-refractivity contribution in [1.29, 1.82) is 0 Å². The third-order valence-corrected chi connectivity index (χ3v) is 4.38. The van der Waals surface area contributed by atoms with E-state index in [-0.39, 0.29) is 16.3 Å². The molecule has 0 atom stereocenters. The van der Waals surface area contributed by atoms with Gasteiger partial charge in [-0.3, -0.25) is 9.59 Å². The Morgan fingerprint density at radius 2 is 1.69 bits per heavy atom. The van der Waals surface area contributed by atoms with E-state index in [2.05, 4.69) is 5.32 Å². The second kappa shape index (κ2) is 6.65. The van der Waals surface area contributed by atoms with Gasteiger partial charge in [0.05, 0.1) is 11.3 Å². The van der Waals surface area contributed by atoms with Gasteiger partial charge >= 0.3 is 5.97 Å². The van der Waals surface area contributed by atoms with Crippen molar-refractivity contribution in [3.8, 4) is 0 Å². The molecule has 0 radical (unpaired) electrons. The summed E-state index contributed by atoms with van der Waals surface area (Å²) in [6.07, 6.45) is 0. The molecule has 0 aromatic heterocycles. The number of nitrogens with one attached hydrogen (secondary N) is 1. The molecule has 132 valence electrons. The van der Waals surface area contributed by atoms with Crippen LogP contribution in [0, 0.1) is 13.8 Å². The molecule has 0 saturated carbocycles. The smallest absolute Gasteiger partial charge is 0.335 e. The van der Waals surface area contributed by atoms with Crippen LogP contribution in [0.5, 0.6) is 0 Å². The summed E-state index contributed by atoms with van der Waals surface area (Å²) in [5, 5.41) is 11.5. The first-order chi connectivity index (χ1) is 12.3. The number of amides is 2. The van der Waals surface area contributed by atoms with Crippen molar-refractivity contribution in [2.45, 2.75) is 13.8 Å². The zero-order valence-electron chi connectivity index (χ0n) is 14.0. The molecule has 0 bridgehead atoms. The summed E-state index contributed by atoms with van der Waals surface area (Å²) in [5.74, 6) is -2.21. The van der Waals surface area contributed by atoms with Crippen LogP contribution >= 0.6 is 11.6 Å². The monoisotopic (exact) mass is 370 g/mol. The molecule has 1 aliphatic heterocycles. The maximum absolute atomic E-state index is 12.8. The van der Waals surface area contributed by atoms with E-state index in [1.54, 1.807) is 13.0 Å². The van der Waals surface area contributed by atoms with Gasteiger partial charge in [0.1, 0.15) is 10.7 Å². The third-order valence-electron chi connectivity index (χ3n) is 4.03. The average Bonchev–Trinajstić information content (AvgIpc) is 2.81. The Hall–Kier alpha value is -3.12. The maximum atomic E-state index is 12.8. The fourth-order valence-corrected chi connectivity index (χ4v) is 2.84. The van der Waals surface area contributed by atoms with Crippen molar-refractivity contribution < 1.29 is 19.5 Å². The summed E-state index contributed by atoms with van der Waals surface area (Å²) in [7, 11) is 0. The molecule has 0 saturated heterocycles. The standard InChI is InChI=1S/C19H15ClN2O4/c1-10-3-4-11(2)14(9-10)22-17(23)15(20)16(18(22)24)21-13-7-5-12(6-8-13)19(25)26/h3-9,21H,1-2H3,(H,25,26). The van der Waals surface area contributed by atoms with Crippen molar-refractivity contribution in [1.82, 2.24) is 0 Å². The molecule has 2 amide bonds. The van der Waals surface area contributed by atoms with Crippen molar-refractivity contribution in [3.05, 3.63) is 69.9 Å². The predicted molar refractivity (Wildman–Crippen MR) is 98.3 cm³/mol. The van der Waals surface area contributed by atoms with Crippen molar-refractivity contribution >= 4 is 40.8 Å². The van der Waals surface area contributed by atoms with Crippen LogP contribution in [0.4, 0.5) is 11.4 Å². The number of benzene rings is 2. The highest BCUT2D eigenvalue weighted by atomic mass is 35.5. The molecule has 0 fully saturated rings. The highest BCUT2D eigenvalue weighted by Crippen LogP contribution is 2.32. The lowest BCUT2D eigenvalue weighted by Gasteiger charge is -2.18. The number of carboxylic acids is 1. The van der Waals surface area contributed by atoms with Gasteiger partial charge in [0.2, 0.25) is 0 Å². The van der Waals surface area contributed by atoms with Crippen LogP contribution in [0.15, 0.2) is 53.2 Å². The topological polar surface area (TPSA) is 86.7 Å². The van der Waals surface area contributed by atoms with E-state index in [0.29, 0.717) is 11.4 Å². The van der Waals surface area contributed by atoms with Crippen LogP contribution in [0.1, 0.15) is 21.5 Å². The number of carboxylic acid groups (broad SMARTS) is 1. The number of imide groups is 1. The lowest BCUT2D eigenvalue weighted by Crippen LogP contribution is -2.32. The summed E-state index contributed by atoms with van der Waals surface area (Å²) < 4.78 is 0. The van der Waals surface area contributed by atoms with Gasteiger partial charge in [-0.05, 0) is 55.3 Å². The normalized spacial score (nSPS) is 14.2. The molecule has 1 heterocycles. The molecular weight excluding hydrogens is 356 g/mol. The molecule has 0 spiro atoms. The Balaban J connectivity index is 1.91. The lowest BCUT2D eigenvalue weighted by atomic mass is 10.1. The highest BCUT2D eigenvalue weighted by Gasteiger charge is 2.39. The second-order valence-corrected chi connectivity index (χ2v) is 6.31. The van der Waals surface area contributed by atoms with E-state index in [4.69, 9.17) is 16.7 Å². The minimum atomic E-state index is -1.05. The Morgan fingerprint density at radius 1 is 1.04 bits per heavy atom. The van der Waals surface area contributed by atoms with E-state index in [9.17, 15) is 14.4 Å². The first-order valence-corrected chi connectivity index (χ1v) is 8.13. The fraction of sp³-hybridized carbons (Fsp3) is 0.105. The highest BCUT2D eigenvalue weighted by molar-refractivity contribution is 6.53. The van der Waals surface area contributed by atoms with E-state index in [1.165, 1.54) is 24.3 Å².